The van der Waals surface area contributed by atoms with Gasteiger partial charge in [0, 0.05) is 12.3 Å². The Morgan fingerprint density at radius 3 is 2.74 bits per heavy atom. The summed E-state index contributed by atoms with van der Waals surface area (Å²) in [5.41, 5.74) is 6.67. The van der Waals surface area contributed by atoms with Crippen LogP contribution in [0.2, 0.25) is 0 Å². The summed E-state index contributed by atoms with van der Waals surface area (Å²) in [5, 5.41) is 13.9. The molecule has 3 rings (SSSR count). The minimum absolute atomic E-state index is 0.257. The van der Waals surface area contributed by atoms with Crippen molar-refractivity contribution in [3.8, 4) is 17.8 Å². The van der Waals surface area contributed by atoms with Crippen LogP contribution < -0.4 is 10.5 Å². The van der Waals surface area contributed by atoms with E-state index in [0.29, 0.717) is 16.6 Å². The Bertz CT molecular complexity index is 918. The second-order valence-electron chi connectivity index (χ2n) is 5.94. The van der Waals surface area contributed by atoms with Gasteiger partial charge in [0.15, 0.2) is 5.65 Å². The first-order chi connectivity index (χ1) is 10.9. The van der Waals surface area contributed by atoms with Crippen LogP contribution in [0.25, 0.3) is 11.0 Å². The number of nitriles is 1. The molecule has 0 aliphatic rings. The maximum atomic E-state index is 8.96. The van der Waals surface area contributed by atoms with E-state index < -0.39 is 0 Å². The largest absolute Gasteiger partial charge is 0.418 e. The number of fused-ring (bicyclic) bond motifs is 1. The first kappa shape index (κ1) is 14.7. The quantitative estimate of drug-likeness (QED) is 0.771. The highest BCUT2D eigenvalue weighted by molar-refractivity contribution is 5.90. The topological polar surface area (TPSA) is 116 Å². The normalized spacial score (nSPS) is 11.4. The third-order valence-electron chi connectivity index (χ3n) is 3.16. The lowest BCUT2D eigenvalue weighted by molar-refractivity contribution is 0.347. The molecule has 0 saturated heterocycles. The number of rotatable bonds is 2. The van der Waals surface area contributed by atoms with Crippen molar-refractivity contribution >= 4 is 16.9 Å². The third-order valence-corrected chi connectivity index (χ3v) is 3.16. The predicted octanol–water partition coefficient (Wildman–Crippen LogP) is 2.22. The van der Waals surface area contributed by atoms with Crippen molar-refractivity contribution in [3.63, 3.8) is 0 Å². The van der Waals surface area contributed by atoms with Gasteiger partial charge < -0.3 is 10.5 Å². The molecule has 8 nitrogen and oxygen atoms in total. The van der Waals surface area contributed by atoms with Crippen molar-refractivity contribution in [2.24, 2.45) is 0 Å². The molecule has 0 aliphatic heterocycles. The molecule has 0 bridgehead atoms. The molecule has 0 unspecified atom stereocenters. The summed E-state index contributed by atoms with van der Waals surface area (Å²) in [6.45, 7) is 5.99. The fraction of sp³-hybridized carbons (Fsp3) is 0.267. The fourth-order valence-electron chi connectivity index (χ4n) is 2.12. The van der Waals surface area contributed by atoms with Crippen LogP contribution in [0.4, 0.5) is 5.82 Å². The average Bonchev–Trinajstić information content (AvgIpc) is 2.88. The molecule has 3 heterocycles. The van der Waals surface area contributed by atoms with Gasteiger partial charge in [0.1, 0.15) is 17.5 Å². The lowest BCUT2D eigenvalue weighted by Crippen LogP contribution is -2.23. The highest BCUT2D eigenvalue weighted by Gasteiger charge is 2.24. The Morgan fingerprint density at radius 1 is 1.26 bits per heavy atom. The predicted molar refractivity (Wildman–Crippen MR) is 83.8 cm³/mol. The van der Waals surface area contributed by atoms with Gasteiger partial charge in [0.05, 0.1) is 17.2 Å². The zero-order chi connectivity index (χ0) is 16.6. The van der Waals surface area contributed by atoms with Crippen LogP contribution in [0.3, 0.4) is 0 Å². The number of hydrogen-bond acceptors (Lipinski definition) is 7. The molecule has 3 aromatic rings. The van der Waals surface area contributed by atoms with Gasteiger partial charge in [-0.05, 0) is 26.8 Å². The molecule has 0 saturated carbocycles. The van der Waals surface area contributed by atoms with Crippen LogP contribution in [0.15, 0.2) is 24.7 Å². The number of anilines is 1. The minimum atomic E-state index is -0.317. The molecule has 0 atom stereocenters. The molecule has 23 heavy (non-hydrogen) atoms. The summed E-state index contributed by atoms with van der Waals surface area (Å²) in [4.78, 5) is 12.3. The first-order valence-corrected chi connectivity index (χ1v) is 6.94. The van der Waals surface area contributed by atoms with Crippen LogP contribution in [0, 0.1) is 11.3 Å². The summed E-state index contributed by atoms with van der Waals surface area (Å²) in [5.74, 6) is 0.792. The SMILES string of the molecule is CC(C)(C)n1nc(Oc2cc(C#N)ccn2)c2c(N)ncnc21. The lowest BCUT2D eigenvalue weighted by atomic mass is 10.1. The molecule has 0 fully saturated rings. The Hall–Kier alpha value is -3.21. The van der Waals surface area contributed by atoms with Crippen LogP contribution in [-0.4, -0.2) is 24.7 Å². The number of aromatic nitrogens is 5. The molecule has 3 aromatic heterocycles. The van der Waals surface area contributed by atoms with Gasteiger partial charge in [-0.1, -0.05) is 0 Å². The summed E-state index contributed by atoms with van der Waals surface area (Å²) < 4.78 is 7.46. The Morgan fingerprint density at radius 2 is 2.04 bits per heavy atom. The van der Waals surface area contributed by atoms with E-state index in [2.05, 4.69) is 20.1 Å². The number of nitrogens with zero attached hydrogens (tertiary/aromatic N) is 6. The summed E-state index contributed by atoms with van der Waals surface area (Å²) >= 11 is 0. The molecular formula is C15H15N7O. The zero-order valence-corrected chi connectivity index (χ0v) is 13.0. The standard InChI is InChI=1S/C15H15N7O/c1-15(2,3)22-13-11(12(17)19-8-20-13)14(21-22)23-10-6-9(7-16)4-5-18-10/h4-6,8H,1-3H3,(H2,17,19,20). The molecule has 0 aliphatic carbocycles. The van der Waals surface area contributed by atoms with Crippen molar-refractivity contribution in [3.05, 3.63) is 30.2 Å². The maximum Gasteiger partial charge on any atom is 0.253 e. The number of nitrogens with two attached hydrogens (primary N) is 1. The zero-order valence-electron chi connectivity index (χ0n) is 13.0. The number of hydrogen-bond donors (Lipinski definition) is 1. The van der Waals surface area contributed by atoms with Gasteiger partial charge in [-0.3, -0.25) is 0 Å². The smallest absolute Gasteiger partial charge is 0.253 e. The summed E-state index contributed by atoms with van der Waals surface area (Å²) in [6.07, 6.45) is 2.89. The van der Waals surface area contributed by atoms with Gasteiger partial charge in [0.25, 0.3) is 5.88 Å². The molecule has 8 heteroatoms. The van der Waals surface area contributed by atoms with Gasteiger partial charge >= 0.3 is 0 Å². The maximum absolute atomic E-state index is 8.96. The van der Waals surface area contributed by atoms with Crippen molar-refractivity contribution in [1.29, 1.82) is 5.26 Å². The molecule has 116 valence electrons. The number of ether oxygens (including phenoxy) is 1. The molecular weight excluding hydrogens is 294 g/mol. The summed E-state index contributed by atoms with van der Waals surface area (Å²) in [6, 6.07) is 5.16. The highest BCUT2D eigenvalue weighted by atomic mass is 16.5. The van der Waals surface area contributed by atoms with Crippen molar-refractivity contribution in [1.82, 2.24) is 24.7 Å². The first-order valence-electron chi connectivity index (χ1n) is 6.94. The highest BCUT2D eigenvalue weighted by Crippen LogP contribution is 2.33. The van der Waals surface area contributed by atoms with E-state index in [-0.39, 0.29) is 23.1 Å². The van der Waals surface area contributed by atoms with E-state index in [1.54, 1.807) is 10.7 Å². The fourth-order valence-corrected chi connectivity index (χ4v) is 2.12. The number of pyridine rings is 1. The van der Waals surface area contributed by atoms with Crippen molar-refractivity contribution in [2.75, 3.05) is 5.73 Å². The van der Waals surface area contributed by atoms with E-state index in [4.69, 9.17) is 15.7 Å². The van der Waals surface area contributed by atoms with Gasteiger partial charge in [-0.2, -0.15) is 5.26 Å². The molecule has 0 spiro atoms. The number of nitrogen functional groups attached to an aromatic ring is 1. The van der Waals surface area contributed by atoms with E-state index >= 15 is 0 Å². The summed E-state index contributed by atoms with van der Waals surface area (Å²) in [7, 11) is 0. The van der Waals surface area contributed by atoms with Gasteiger partial charge in [-0.15, -0.1) is 5.10 Å². The second-order valence-corrected chi connectivity index (χ2v) is 5.94. The van der Waals surface area contributed by atoms with E-state index in [1.165, 1.54) is 18.6 Å². The van der Waals surface area contributed by atoms with E-state index in [1.807, 2.05) is 26.8 Å². The lowest BCUT2D eigenvalue weighted by Gasteiger charge is -2.19. The average molecular weight is 309 g/mol. The van der Waals surface area contributed by atoms with Crippen molar-refractivity contribution < 1.29 is 4.74 Å². The molecule has 0 radical (unpaired) electrons. The van der Waals surface area contributed by atoms with Gasteiger partial charge in [0.2, 0.25) is 5.88 Å². The Balaban J connectivity index is 2.16. The van der Waals surface area contributed by atoms with Crippen LogP contribution in [-0.2, 0) is 5.54 Å². The van der Waals surface area contributed by atoms with E-state index in [9.17, 15) is 0 Å². The molecule has 2 N–H and O–H groups in total. The second kappa shape index (κ2) is 5.21. The van der Waals surface area contributed by atoms with Crippen LogP contribution >= 0.6 is 0 Å². The Labute approximate surface area is 132 Å². The third kappa shape index (κ3) is 2.64. The Kier molecular flexibility index (Phi) is 3.33. The monoisotopic (exact) mass is 309 g/mol. The molecule has 0 aromatic carbocycles. The van der Waals surface area contributed by atoms with Gasteiger partial charge in [-0.25, -0.2) is 19.6 Å². The van der Waals surface area contributed by atoms with Crippen LogP contribution in [0.1, 0.15) is 26.3 Å². The van der Waals surface area contributed by atoms with E-state index in [0.717, 1.165) is 0 Å². The van der Waals surface area contributed by atoms with Crippen molar-refractivity contribution in [2.45, 2.75) is 26.3 Å². The minimum Gasteiger partial charge on any atom is -0.418 e. The molecule has 0 amide bonds. The van der Waals surface area contributed by atoms with Crippen LogP contribution in [0.5, 0.6) is 11.8 Å².